The Kier molecular flexibility index (Phi) is 4.49. The van der Waals surface area contributed by atoms with Gasteiger partial charge in [0.25, 0.3) is 5.78 Å². The fraction of sp³-hybridized carbons (Fsp3) is 0.0870. The number of aryl methyl sites for hydroxylation is 1. The molecule has 1 aliphatic rings. The number of aromatic nitrogens is 1. The van der Waals surface area contributed by atoms with E-state index in [1.165, 1.54) is 4.90 Å². The SMILES string of the molecule is Cc1ccc(/C(O)=C2\C(=O)C(=O)N(c3ccccn3)[C@@H]2c2ccccc2)cc1. The molecule has 1 N–H and O–H groups in total. The van der Waals surface area contributed by atoms with Crippen molar-refractivity contribution in [3.8, 4) is 0 Å². The first-order chi connectivity index (χ1) is 13.6. The van der Waals surface area contributed by atoms with Crippen LogP contribution in [-0.2, 0) is 9.59 Å². The molecule has 0 aliphatic carbocycles. The van der Waals surface area contributed by atoms with Crippen LogP contribution >= 0.6 is 0 Å². The lowest BCUT2D eigenvalue weighted by molar-refractivity contribution is -0.132. The summed E-state index contributed by atoms with van der Waals surface area (Å²) in [6.45, 7) is 1.94. The number of carbonyl (C=O) groups is 2. The van der Waals surface area contributed by atoms with Crippen LogP contribution < -0.4 is 4.90 Å². The molecule has 0 unspecified atom stereocenters. The van der Waals surface area contributed by atoms with Crippen LogP contribution in [0.15, 0.2) is 84.6 Å². The molecule has 1 aromatic heterocycles. The van der Waals surface area contributed by atoms with E-state index in [0.29, 0.717) is 11.4 Å². The maximum Gasteiger partial charge on any atom is 0.301 e. The first kappa shape index (κ1) is 17.7. The molecule has 1 aliphatic heterocycles. The van der Waals surface area contributed by atoms with E-state index in [1.54, 1.807) is 36.5 Å². The van der Waals surface area contributed by atoms with Crippen LogP contribution in [0.5, 0.6) is 0 Å². The highest BCUT2D eigenvalue weighted by molar-refractivity contribution is 6.51. The molecule has 138 valence electrons. The Morgan fingerprint density at radius 2 is 1.61 bits per heavy atom. The number of anilines is 1. The van der Waals surface area contributed by atoms with Crippen LogP contribution in [0.25, 0.3) is 5.76 Å². The molecular weight excluding hydrogens is 352 g/mol. The maximum atomic E-state index is 12.9. The highest BCUT2D eigenvalue weighted by atomic mass is 16.3. The average molecular weight is 370 g/mol. The van der Waals surface area contributed by atoms with Gasteiger partial charge >= 0.3 is 5.91 Å². The van der Waals surface area contributed by atoms with E-state index in [-0.39, 0.29) is 11.3 Å². The van der Waals surface area contributed by atoms with Gasteiger partial charge in [0.15, 0.2) is 0 Å². The molecule has 1 amide bonds. The van der Waals surface area contributed by atoms with Gasteiger partial charge < -0.3 is 5.11 Å². The molecule has 0 radical (unpaired) electrons. The third kappa shape index (κ3) is 2.97. The lowest BCUT2D eigenvalue weighted by atomic mass is 9.95. The quantitative estimate of drug-likeness (QED) is 0.429. The molecule has 3 aromatic rings. The van der Waals surface area contributed by atoms with Gasteiger partial charge in [-0.15, -0.1) is 0 Å². The molecular formula is C23H18N2O3. The van der Waals surface area contributed by atoms with Gasteiger partial charge in [0, 0.05) is 11.8 Å². The molecule has 0 saturated carbocycles. The van der Waals surface area contributed by atoms with Crippen molar-refractivity contribution in [1.82, 2.24) is 4.98 Å². The van der Waals surface area contributed by atoms with Crippen molar-refractivity contribution in [2.24, 2.45) is 0 Å². The number of hydrogen-bond donors (Lipinski definition) is 1. The first-order valence-corrected chi connectivity index (χ1v) is 8.92. The van der Waals surface area contributed by atoms with Gasteiger partial charge in [-0.05, 0) is 24.6 Å². The molecule has 1 saturated heterocycles. The molecule has 2 heterocycles. The normalized spacial score (nSPS) is 18.5. The summed E-state index contributed by atoms with van der Waals surface area (Å²) in [5.41, 5.74) is 2.31. The van der Waals surface area contributed by atoms with E-state index in [9.17, 15) is 14.7 Å². The van der Waals surface area contributed by atoms with Crippen molar-refractivity contribution in [3.63, 3.8) is 0 Å². The van der Waals surface area contributed by atoms with E-state index in [2.05, 4.69) is 4.98 Å². The van der Waals surface area contributed by atoms with E-state index in [4.69, 9.17) is 0 Å². The third-order valence-electron chi connectivity index (χ3n) is 4.78. The molecule has 5 heteroatoms. The Hall–Kier alpha value is -3.73. The van der Waals surface area contributed by atoms with Gasteiger partial charge in [-0.25, -0.2) is 4.98 Å². The van der Waals surface area contributed by atoms with Gasteiger partial charge in [0.05, 0.1) is 11.6 Å². The monoisotopic (exact) mass is 370 g/mol. The van der Waals surface area contributed by atoms with Gasteiger partial charge in [0.2, 0.25) is 0 Å². The number of rotatable bonds is 3. The second kappa shape index (κ2) is 7.12. The van der Waals surface area contributed by atoms with Crippen LogP contribution in [0.1, 0.15) is 22.7 Å². The zero-order chi connectivity index (χ0) is 19.7. The highest BCUT2D eigenvalue weighted by Gasteiger charge is 2.47. The Balaban J connectivity index is 1.94. The second-order valence-corrected chi connectivity index (χ2v) is 6.63. The number of amides is 1. The summed E-state index contributed by atoms with van der Waals surface area (Å²) >= 11 is 0. The van der Waals surface area contributed by atoms with Gasteiger partial charge in [-0.1, -0.05) is 66.2 Å². The highest BCUT2D eigenvalue weighted by Crippen LogP contribution is 2.41. The minimum atomic E-state index is -0.752. The van der Waals surface area contributed by atoms with Crippen molar-refractivity contribution >= 4 is 23.3 Å². The molecule has 0 spiro atoms. The largest absolute Gasteiger partial charge is 0.507 e. The van der Waals surface area contributed by atoms with Crippen molar-refractivity contribution in [1.29, 1.82) is 0 Å². The van der Waals surface area contributed by atoms with Gasteiger partial charge in [-0.3, -0.25) is 14.5 Å². The zero-order valence-corrected chi connectivity index (χ0v) is 15.2. The van der Waals surface area contributed by atoms with Gasteiger partial charge in [0.1, 0.15) is 11.6 Å². The second-order valence-electron chi connectivity index (χ2n) is 6.63. The summed E-state index contributed by atoms with van der Waals surface area (Å²) in [6, 6.07) is 20.8. The smallest absolute Gasteiger partial charge is 0.301 e. The fourth-order valence-corrected chi connectivity index (χ4v) is 3.38. The number of ketones is 1. The maximum absolute atomic E-state index is 12.9. The van der Waals surface area contributed by atoms with Crippen molar-refractivity contribution in [2.75, 3.05) is 4.90 Å². The Morgan fingerprint density at radius 3 is 2.25 bits per heavy atom. The Bertz CT molecular complexity index is 1060. The predicted molar refractivity (Wildman–Crippen MR) is 107 cm³/mol. The average Bonchev–Trinajstić information content (AvgIpc) is 3.00. The Labute approximate surface area is 162 Å². The van der Waals surface area contributed by atoms with Crippen LogP contribution in [-0.4, -0.2) is 21.8 Å². The molecule has 5 nitrogen and oxygen atoms in total. The van der Waals surface area contributed by atoms with Crippen LogP contribution in [0.4, 0.5) is 5.82 Å². The zero-order valence-electron chi connectivity index (χ0n) is 15.2. The van der Waals surface area contributed by atoms with Crippen LogP contribution in [0.3, 0.4) is 0 Å². The number of benzene rings is 2. The van der Waals surface area contributed by atoms with E-state index in [1.807, 2.05) is 49.4 Å². The summed E-state index contributed by atoms with van der Waals surface area (Å²) in [5, 5.41) is 11.0. The standard InChI is InChI=1S/C23H18N2O3/c1-15-10-12-17(13-11-15)21(26)19-20(16-7-3-2-4-8-16)25(23(28)22(19)27)18-9-5-6-14-24-18/h2-14,20,26H,1H3/b21-19+/t20-/m1/s1. The third-order valence-corrected chi connectivity index (χ3v) is 4.78. The number of aliphatic hydroxyl groups is 1. The fourth-order valence-electron chi connectivity index (χ4n) is 3.38. The summed E-state index contributed by atoms with van der Waals surface area (Å²) in [5.74, 6) is -1.26. The number of nitrogens with zero attached hydrogens (tertiary/aromatic N) is 2. The summed E-state index contributed by atoms with van der Waals surface area (Å²) in [4.78, 5) is 31.4. The predicted octanol–water partition coefficient (Wildman–Crippen LogP) is 4.02. The van der Waals surface area contributed by atoms with Crippen molar-refractivity contribution < 1.29 is 14.7 Å². The topological polar surface area (TPSA) is 70.5 Å². The molecule has 28 heavy (non-hydrogen) atoms. The van der Waals surface area contributed by atoms with Crippen LogP contribution in [0.2, 0.25) is 0 Å². The number of hydrogen-bond acceptors (Lipinski definition) is 4. The molecule has 2 aromatic carbocycles. The lowest BCUT2D eigenvalue weighted by Gasteiger charge is -2.24. The van der Waals surface area contributed by atoms with Crippen molar-refractivity contribution in [2.45, 2.75) is 13.0 Å². The number of carbonyl (C=O) groups excluding carboxylic acids is 2. The molecule has 1 atom stereocenters. The lowest BCUT2D eigenvalue weighted by Crippen LogP contribution is -2.30. The number of aliphatic hydroxyl groups excluding tert-OH is 1. The van der Waals surface area contributed by atoms with E-state index in [0.717, 1.165) is 11.1 Å². The number of Topliss-reactive ketones (excluding diaryl/α,β-unsaturated/α-hetero) is 1. The molecule has 1 fully saturated rings. The number of pyridine rings is 1. The van der Waals surface area contributed by atoms with Gasteiger partial charge in [-0.2, -0.15) is 0 Å². The summed E-state index contributed by atoms with van der Waals surface area (Å²) in [6.07, 6.45) is 1.57. The minimum absolute atomic E-state index is 0.0608. The molecule has 4 rings (SSSR count). The molecule has 0 bridgehead atoms. The van der Waals surface area contributed by atoms with E-state index < -0.39 is 17.7 Å². The van der Waals surface area contributed by atoms with Crippen molar-refractivity contribution in [3.05, 3.63) is 101 Å². The Morgan fingerprint density at radius 1 is 0.929 bits per heavy atom. The van der Waals surface area contributed by atoms with E-state index >= 15 is 0 Å². The summed E-state index contributed by atoms with van der Waals surface area (Å²) in [7, 11) is 0. The minimum Gasteiger partial charge on any atom is -0.507 e. The van der Waals surface area contributed by atoms with Crippen LogP contribution in [0, 0.1) is 6.92 Å². The summed E-state index contributed by atoms with van der Waals surface area (Å²) < 4.78 is 0. The first-order valence-electron chi connectivity index (χ1n) is 8.92.